The molecule has 0 unspecified atom stereocenters. The quantitative estimate of drug-likeness (QED) is 0.802. The monoisotopic (exact) mass is 278 g/mol. The Hall–Kier alpha value is -0.930. The minimum Gasteiger partial charge on any atom is -0.370 e. The van der Waals surface area contributed by atoms with Crippen molar-refractivity contribution in [2.45, 2.75) is 69.9 Å². The third-order valence-electron chi connectivity index (χ3n) is 5.21. The number of ether oxygens (including phenoxy) is 2. The largest absolute Gasteiger partial charge is 0.370 e. The standard InChI is InChI=1S/C17H23FO2/c1-3-16-9-10-17(4-2,20-16)15(11-16)19-12-13-7-5-6-8-14(13)18/h5-8,15H,3-4,9-12H2,1-2H3/t15-,16-,17+/m0/s1. The van der Waals surface area contributed by atoms with Crippen LogP contribution in [0.15, 0.2) is 24.3 Å². The molecule has 110 valence electrons. The highest BCUT2D eigenvalue weighted by Crippen LogP contribution is 2.55. The van der Waals surface area contributed by atoms with Gasteiger partial charge in [-0.15, -0.1) is 0 Å². The SMILES string of the molecule is CC[C@@]12CC[C@@](CC)(O1)[C@@H](OCc1ccccc1F)C2. The highest BCUT2D eigenvalue weighted by Gasteiger charge is 2.60. The van der Waals surface area contributed by atoms with Gasteiger partial charge in [-0.25, -0.2) is 4.39 Å². The fourth-order valence-electron chi connectivity index (χ4n) is 3.75. The maximum atomic E-state index is 13.7. The third-order valence-corrected chi connectivity index (χ3v) is 5.21. The van der Waals surface area contributed by atoms with E-state index in [-0.39, 0.29) is 23.1 Å². The lowest BCUT2D eigenvalue weighted by atomic mass is 9.77. The molecule has 2 aliphatic rings. The van der Waals surface area contributed by atoms with Crippen LogP contribution in [0.3, 0.4) is 0 Å². The number of benzene rings is 1. The van der Waals surface area contributed by atoms with Gasteiger partial charge in [-0.3, -0.25) is 0 Å². The van der Waals surface area contributed by atoms with Crippen LogP contribution in [-0.2, 0) is 16.1 Å². The van der Waals surface area contributed by atoms with Crippen LogP contribution >= 0.6 is 0 Å². The molecule has 0 radical (unpaired) electrons. The Morgan fingerprint density at radius 2 is 2.05 bits per heavy atom. The predicted octanol–water partition coefficient (Wildman–Crippen LogP) is 4.22. The van der Waals surface area contributed by atoms with E-state index in [1.54, 1.807) is 12.1 Å². The molecular weight excluding hydrogens is 255 g/mol. The minimum atomic E-state index is -0.188. The van der Waals surface area contributed by atoms with Gasteiger partial charge in [0.15, 0.2) is 0 Å². The lowest BCUT2D eigenvalue weighted by Crippen LogP contribution is -2.39. The maximum Gasteiger partial charge on any atom is 0.128 e. The van der Waals surface area contributed by atoms with Crippen molar-refractivity contribution in [3.8, 4) is 0 Å². The number of hydrogen-bond acceptors (Lipinski definition) is 2. The highest BCUT2D eigenvalue weighted by atomic mass is 19.1. The van der Waals surface area contributed by atoms with Crippen LogP contribution in [0.25, 0.3) is 0 Å². The van der Waals surface area contributed by atoms with E-state index in [4.69, 9.17) is 9.47 Å². The van der Waals surface area contributed by atoms with Crippen molar-refractivity contribution >= 4 is 0 Å². The zero-order valence-electron chi connectivity index (χ0n) is 12.3. The topological polar surface area (TPSA) is 18.5 Å². The summed E-state index contributed by atoms with van der Waals surface area (Å²) in [5.41, 5.74) is 0.504. The Kier molecular flexibility index (Phi) is 3.59. The van der Waals surface area contributed by atoms with Gasteiger partial charge in [-0.05, 0) is 31.7 Å². The highest BCUT2D eigenvalue weighted by molar-refractivity contribution is 5.17. The number of rotatable bonds is 5. The van der Waals surface area contributed by atoms with Crippen LogP contribution in [0.1, 0.15) is 51.5 Å². The Morgan fingerprint density at radius 3 is 2.75 bits per heavy atom. The average molecular weight is 278 g/mol. The van der Waals surface area contributed by atoms with Crippen LogP contribution in [0.2, 0.25) is 0 Å². The first-order chi connectivity index (χ1) is 9.63. The van der Waals surface area contributed by atoms with Crippen LogP contribution < -0.4 is 0 Å². The number of halogens is 1. The maximum absolute atomic E-state index is 13.7. The molecule has 0 aliphatic carbocycles. The van der Waals surface area contributed by atoms with Gasteiger partial charge in [-0.2, -0.15) is 0 Å². The van der Waals surface area contributed by atoms with Crippen LogP contribution in [0.4, 0.5) is 4.39 Å². The number of hydrogen-bond donors (Lipinski definition) is 0. The van der Waals surface area contributed by atoms with E-state index in [0.29, 0.717) is 12.2 Å². The molecule has 2 saturated heterocycles. The molecule has 1 aromatic rings. The molecule has 3 atom stereocenters. The fraction of sp³-hybridized carbons (Fsp3) is 0.647. The van der Waals surface area contributed by atoms with Crippen LogP contribution in [0, 0.1) is 5.82 Å². The summed E-state index contributed by atoms with van der Waals surface area (Å²) in [5.74, 6) is -0.188. The molecule has 1 aromatic carbocycles. The molecular formula is C17H23FO2. The summed E-state index contributed by atoms with van der Waals surface area (Å²) in [6, 6.07) is 6.83. The van der Waals surface area contributed by atoms with Crippen molar-refractivity contribution in [2.24, 2.45) is 0 Å². The molecule has 2 fully saturated rings. The molecule has 0 spiro atoms. The second kappa shape index (κ2) is 5.12. The van der Waals surface area contributed by atoms with Crippen molar-refractivity contribution in [1.29, 1.82) is 0 Å². The summed E-state index contributed by atoms with van der Waals surface area (Å²) < 4.78 is 26.1. The molecule has 0 saturated carbocycles. The summed E-state index contributed by atoms with van der Waals surface area (Å²) in [6.45, 7) is 4.68. The van der Waals surface area contributed by atoms with Crippen molar-refractivity contribution < 1.29 is 13.9 Å². The molecule has 0 aromatic heterocycles. The smallest absolute Gasteiger partial charge is 0.128 e. The van der Waals surface area contributed by atoms with Gasteiger partial charge in [0.25, 0.3) is 0 Å². The molecule has 2 bridgehead atoms. The van der Waals surface area contributed by atoms with Gasteiger partial charge in [0.1, 0.15) is 5.82 Å². The van der Waals surface area contributed by atoms with Crippen LogP contribution in [-0.4, -0.2) is 17.3 Å². The molecule has 2 aliphatic heterocycles. The summed E-state index contributed by atoms with van der Waals surface area (Å²) in [6.07, 6.45) is 5.26. The van der Waals surface area contributed by atoms with Gasteiger partial charge in [0.2, 0.25) is 0 Å². The minimum absolute atomic E-state index is 0.00983. The van der Waals surface area contributed by atoms with Crippen molar-refractivity contribution in [2.75, 3.05) is 0 Å². The third kappa shape index (κ3) is 2.17. The van der Waals surface area contributed by atoms with Crippen molar-refractivity contribution in [3.05, 3.63) is 35.6 Å². The first-order valence-corrected chi connectivity index (χ1v) is 7.68. The van der Waals surface area contributed by atoms with Crippen molar-refractivity contribution in [3.63, 3.8) is 0 Å². The summed E-state index contributed by atoms with van der Waals surface area (Å²) in [5, 5.41) is 0. The van der Waals surface area contributed by atoms with E-state index >= 15 is 0 Å². The number of fused-ring (bicyclic) bond motifs is 2. The summed E-state index contributed by atoms with van der Waals surface area (Å²) >= 11 is 0. The van der Waals surface area contributed by atoms with Gasteiger partial charge in [0, 0.05) is 12.0 Å². The average Bonchev–Trinajstić information content (AvgIpc) is 3.01. The zero-order chi connectivity index (χ0) is 14.2. The van der Waals surface area contributed by atoms with E-state index in [9.17, 15) is 4.39 Å². The first kappa shape index (κ1) is 14.0. The summed E-state index contributed by atoms with van der Waals surface area (Å²) in [7, 11) is 0. The van der Waals surface area contributed by atoms with E-state index < -0.39 is 0 Å². The van der Waals surface area contributed by atoms with E-state index in [1.807, 2.05) is 6.07 Å². The second-order valence-corrected chi connectivity index (χ2v) is 6.15. The van der Waals surface area contributed by atoms with E-state index in [1.165, 1.54) is 6.07 Å². The fourth-order valence-corrected chi connectivity index (χ4v) is 3.75. The predicted molar refractivity (Wildman–Crippen MR) is 76.0 cm³/mol. The zero-order valence-corrected chi connectivity index (χ0v) is 12.3. The Labute approximate surface area is 120 Å². The normalized spacial score (nSPS) is 35.6. The molecule has 2 heterocycles. The van der Waals surface area contributed by atoms with Gasteiger partial charge in [-0.1, -0.05) is 32.0 Å². The van der Waals surface area contributed by atoms with Gasteiger partial charge in [0.05, 0.1) is 23.9 Å². The molecule has 20 heavy (non-hydrogen) atoms. The van der Waals surface area contributed by atoms with Gasteiger partial charge < -0.3 is 9.47 Å². The van der Waals surface area contributed by atoms with Crippen molar-refractivity contribution in [1.82, 2.24) is 0 Å². The second-order valence-electron chi connectivity index (χ2n) is 6.15. The van der Waals surface area contributed by atoms with Gasteiger partial charge >= 0.3 is 0 Å². The Morgan fingerprint density at radius 1 is 1.25 bits per heavy atom. The lowest BCUT2D eigenvalue weighted by molar-refractivity contribution is -0.0998. The molecule has 3 heteroatoms. The first-order valence-electron chi connectivity index (χ1n) is 7.68. The van der Waals surface area contributed by atoms with E-state index in [0.717, 1.165) is 32.1 Å². The molecule has 0 amide bonds. The van der Waals surface area contributed by atoms with E-state index in [2.05, 4.69) is 13.8 Å². The molecule has 0 N–H and O–H groups in total. The summed E-state index contributed by atoms with van der Waals surface area (Å²) in [4.78, 5) is 0. The van der Waals surface area contributed by atoms with Crippen LogP contribution in [0.5, 0.6) is 0 Å². The Bertz CT molecular complexity index is 490. The molecule has 3 rings (SSSR count). The Balaban J connectivity index is 1.71. The molecule has 2 nitrogen and oxygen atoms in total. The lowest BCUT2D eigenvalue weighted by Gasteiger charge is -2.32.